The molecule has 0 atom stereocenters. The van der Waals surface area contributed by atoms with E-state index in [0.717, 1.165) is 35.3 Å². The zero-order chi connectivity index (χ0) is 27.3. The molecule has 0 heterocycles. The lowest BCUT2D eigenvalue weighted by molar-refractivity contribution is 0.0478. The number of hydrogen-bond acceptors (Lipinski definition) is 6. The van der Waals surface area contributed by atoms with Crippen molar-refractivity contribution in [2.24, 2.45) is 11.8 Å². The van der Waals surface area contributed by atoms with E-state index in [2.05, 4.69) is 62.6 Å². The fourth-order valence-electron chi connectivity index (χ4n) is 3.57. The molecule has 0 saturated heterocycles. The third-order valence-corrected chi connectivity index (χ3v) is 6.11. The molecule has 2 N–H and O–H groups in total. The lowest BCUT2D eigenvalue weighted by Gasteiger charge is -2.11. The molecule has 38 heavy (non-hydrogen) atoms. The number of anilines is 2. The summed E-state index contributed by atoms with van der Waals surface area (Å²) < 4.78 is 10.6. The van der Waals surface area contributed by atoms with Crippen molar-refractivity contribution in [1.29, 1.82) is 0 Å². The van der Waals surface area contributed by atoms with E-state index in [-0.39, 0.29) is 11.9 Å². The summed E-state index contributed by atoms with van der Waals surface area (Å²) in [6.07, 6.45) is 1.73. The molecule has 0 amide bonds. The lowest BCUT2D eigenvalue weighted by atomic mass is 10.1. The predicted octanol–water partition coefficient (Wildman–Crippen LogP) is 7.32. The van der Waals surface area contributed by atoms with Crippen LogP contribution in [-0.4, -0.2) is 25.2 Å². The second-order valence-corrected chi connectivity index (χ2v) is 10.3. The SMILES string of the molecule is CC(C)CCOC(=O)c1ccc(NCc2ccc(CNc3ccc(C(=O)OCCC(C)C)cc3)cc2)cc1. The highest BCUT2D eigenvalue weighted by Gasteiger charge is 2.09. The molecule has 0 aliphatic carbocycles. The standard InChI is InChI=1S/C32H40N2O4/c1-23(2)17-19-37-31(35)27-9-13-29(14-10-27)33-21-25-5-7-26(8-6-25)22-34-30-15-11-28(12-16-30)32(36)38-20-18-24(3)4/h5-16,23-24,33-34H,17-22H2,1-4H3. The van der Waals surface area contributed by atoms with E-state index in [1.165, 1.54) is 0 Å². The minimum absolute atomic E-state index is 0.281. The molecule has 0 aliphatic rings. The van der Waals surface area contributed by atoms with Crippen LogP contribution < -0.4 is 10.6 Å². The molecule has 6 nitrogen and oxygen atoms in total. The predicted molar refractivity (Wildman–Crippen MR) is 153 cm³/mol. The number of esters is 2. The summed E-state index contributed by atoms with van der Waals surface area (Å²) in [5, 5.41) is 6.78. The Bertz CT molecular complexity index is 1050. The Hall–Kier alpha value is -3.80. The maximum Gasteiger partial charge on any atom is 0.338 e. The van der Waals surface area contributed by atoms with Gasteiger partial charge in [-0.2, -0.15) is 0 Å². The van der Waals surface area contributed by atoms with E-state index >= 15 is 0 Å². The number of carbonyl (C=O) groups is 2. The Labute approximate surface area is 226 Å². The number of carbonyl (C=O) groups excluding carboxylic acids is 2. The van der Waals surface area contributed by atoms with Crippen LogP contribution in [0.15, 0.2) is 72.8 Å². The molecule has 3 aromatic rings. The Morgan fingerprint density at radius 1 is 0.579 bits per heavy atom. The summed E-state index contributed by atoms with van der Waals surface area (Å²) in [5.41, 5.74) is 5.33. The summed E-state index contributed by atoms with van der Waals surface area (Å²) in [5.74, 6) is 0.457. The number of hydrogen-bond donors (Lipinski definition) is 2. The van der Waals surface area contributed by atoms with Crippen LogP contribution in [0.2, 0.25) is 0 Å². The van der Waals surface area contributed by atoms with Crippen molar-refractivity contribution in [3.05, 3.63) is 95.1 Å². The molecule has 202 valence electrons. The van der Waals surface area contributed by atoms with Crippen molar-refractivity contribution in [3.63, 3.8) is 0 Å². The van der Waals surface area contributed by atoms with Crippen LogP contribution >= 0.6 is 0 Å². The molecule has 0 bridgehead atoms. The quantitative estimate of drug-likeness (QED) is 0.219. The Morgan fingerprint density at radius 2 is 0.921 bits per heavy atom. The van der Waals surface area contributed by atoms with Gasteiger partial charge in [0.25, 0.3) is 0 Å². The van der Waals surface area contributed by atoms with Crippen LogP contribution in [-0.2, 0) is 22.6 Å². The minimum Gasteiger partial charge on any atom is -0.462 e. The van der Waals surface area contributed by atoms with Gasteiger partial charge in [-0.3, -0.25) is 0 Å². The number of ether oxygens (including phenoxy) is 2. The third-order valence-electron chi connectivity index (χ3n) is 6.11. The maximum atomic E-state index is 12.1. The van der Waals surface area contributed by atoms with Crippen molar-refractivity contribution < 1.29 is 19.1 Å². The topological polar surface area (TPSA) is 76.7 Å². The van der Waals surface area contributed by atoms with E-state index in [4.69, 9.17) is 9.47 Å². The van der Waals surface area contributed by atoms with Crippen molar-refractivity contribution in [3.8, 4) is 0 Å². The molecule has 3 rings (SSSR count). The van der Waals surface area contributed by atoms with Crippen LogP contribution in [0.4, 0.5) is 11.4 Å². The molecule has 0 unspecified atom stereocenters. The summed E-state index contributed by atoms with van der Waals surface area (Å²) in [6.45, 7) is 10.7. The van der Waals surface area contributed by atoms with E-state index in [9.17, 15) is 9.59 Å². The monoisotopic (exact) mass is 516 g/mol. The van der Waals surface area contributed by atoms with Crippen molar-refractivity contribution in [2.45, 2.75) is 53.6 Å². The fraction of sp³-hybridized carbons (Fsp3) is 0.375. The van der Waals surface area contributed by atoms with Crippen LogP contribution in [0.1, 0.15) is 72.4 Å². The van der Waals surface area contributed by atoms with E-state index in [1.807, 2.05) is 24.3 Å². The van der Waals surface area contributed by atoms with Gasteiger partial charge in [-0.25, -0.2) is 9.59 Å². The number of benzene rings is 3. The Balaban J connectivity index is 1.40. The summed E-state index contributed by atoms with van der Waals surface area (Å²) in [7, 11) is 0. The summed E-state index contributed by atoms with van der Waals surface area (Å²) >= 11 is 0. The van der Waals surface area contributed by atoms with Gasteiger partial charge in [-0.05, 0) is 84.3 Å². The van der Waals surface area contributed by atoms with Gasteiger partial charge in [0.1, 0.15) is 0 Å². The molecule has 0 aromatic heterocycles. The first-order valence-corrected chi connectivity index (χ1v) is 13.4. The second-order valence-electron chi connectivity index (χ2n) is 10.3. The van der Waals surface area contributed by atoms with Gasteiger partial charge in [0.15, 0.2) is 0 Å². The van der Waals surface area contributed by atoms with E-state index in [0.29, 0.717) is 49.3 Å². The summed E-state index contributed by atoms with van der Waals surface area (Å²) in [6, 6.07) is 23.1. The summed E-state index contributed by atoms with van der Waals surface area (Å²) in [4.78, 5) is 24.2. The molecule has 0 spiro atoms. The number of nitrogens with one attached hydrogen (secondary N) is 2. The highest BCUT2D eigenvalue weighted by molar-refractivity contribution is 5.90. The largest absolute Gasteiger partial charge is 0.462 e. The van der Waals surface area contributed by atoms with Gasteiger partial charge < -0.3 is 20.1 Å². The van der Waals surface area contributed by atoms with E-state index in [1.54, 1.807) is 24.3 Å². The van der Waals surface area contributed by atoms with Crippen LogP contribution in [0.25, 0.3) is 0 Å². The highest BCUT2D eigenvalue weighted by atomic mass is 16.5. The minimum atomic E-state index is -0.281. The van der Waals surface area contributed by atoms with E-state index < -0.39 is 0 Å². The average molecular weight is 517 g/mol. The first-order chi connectivity index (χ1) is 18.3. The third kappa shape index (κ3) is 9.92. The van der Waals surface area contributed by atoms with Crippen LogP contribution in [0.5, 0.6) is 0 Å². The first-order valence-electron chi connectivity index (χ1n) is 13.4. The van der Waals surface area contributed by atoms with Gasteiger partial charge >= 0.3 is 11.9 Å². The average Bonchev–Trinajstić information content (AvgIpc) is 2.91. The maximum absolute atomic E-state index is 12.1. The normalized spacial score (nSPS) is 10.9. The van der Waals surface area contributed by atoms with Crippen LogP contribution in [0.3, 0.4) is 0 Å². The first kappa shape index (κ1) is 28.8. The molecule has 0 aliphatic heterocycles. The Kier molecular flexibility index (Phi) is 11.2. The van der Waals surface area contributed by atoms with Gasteiger partial charge in [0.05, 0.1) is 24.3 Å². The molecule has 0 fully saturated rings. The molecule has 3 aromatic carbocycles. The molecular formula is C32H40N2O4. The fourth-order valence-corrected chi connectivity index (χ4v) is 3.57. The molecule has 0 radical (unpaired) electrons. The van der Waals surface area contributed by atoms with Gasteiger partial charge in [0, 0.05) is 24.5 Å². The zero-order valence-electron chi connectivity index (χ0n) is 23.0. The molecule has 6 heteroatoms. The van der Waals surface area contributed by atoms with Gasteiger partial charge in [-0.15, -0.1) is 0 Å². The Morgan fingerprint density at radius 3 is 1.24 bits per heavy atom. The lowest BCUT2D eigenvalue weighted by Crippen LogP contribution is -2.08. The second kappa shape index (κ2) is 14.8. The zero-order valence-corrected chi connectivity index (χ0v) is 23.0. The number of rotatable bonds is 14. The smallest absolute Gasteiger partial charge is 0.338 e. The van der Waals surface area contributed by atoms with Crippen molar-refractivity contribution in [2.75, 3.05) is 23.8 Å². The van der Waals surface area contributed by atoms with Gasteiger partial charge in [0.2, 0.25) is 0 Å². The van der Waals surface area contributed by atoms with Crippen molar-refractivity contribution in [1.82, 2.24) is 0 Å². The molecule has 0 saturated carbocycles. The van der Waals surface area contributed by atoms with Crippen LogP contribution in [0, 0.1) is 11.8 Å². The van der Waals surface area contributed by atoms with Gasteiger partial charge in [-0.1, -0.05) is 52.0 Å². The molecular weight excluding hydrogens is 476 g/mol. The van der Waals surface area contributed by atoms with Crippen molar-refractivity contribution >= 4 is 23.3 Å². The highest BCUT2D eigenvalue weighted by Crippen LogP contribution is 2.15.